The predicted octanol–water partition coefficient (Wildman–Crippen LogP) is 3.92. The Balaban J connectivity index is 1.71. The molecule has 1 aromatic rings. The van der Waals surface area contributed by atoms with Crippen LogP contribution in [0.3, 0.4) is 0 Å². The van der Waals surface area contributed by atoms with Crippen LogP contribution in [0.25, 0.3) is 0 Å². The maximum absolute atomic E-state index is 11.3. The van der Waals surface area contributed by atoms with Gasteiger partial charge < -0.3 is 9.84 Å². The van der Waals surface area contributed by atoms with Gasteiger partial charge in [0.1, 0.15) is 0 Å². The Morgan fingerprint density at radius 2 is 2.10 bits per heavy atom. The molecular formula is C16H20O3S2. The van der Waals surface area contributed by atoms with Gasteiger partial charge in [-0.15, -0.1) is 11.8 Å². The van der Waals surface area contributed by atoms with E-state index in [-0.39, 0.29) is 5.60 Å². The van der Waals surface area contributed by atoms with E-state index >= 15 is 0 Å². The fourth-order valence-electron chi connectivity index (χ4n) is 3.10. The molecule has 0 radical (unpaired) electrons. The molecule has 114 valence electrons. The highest BCUT2D eigenvalue weighted by Crippen LogP contribution is 2.43. The largest absolute Gasteiger partial charge is 0.478 e. The van der Waals surface area contributed by atoms with Gasteiger partial charge in [0.05, 0.1) is 11.2 Å². The number of carbonyl (C=O) groups is 1. The van der Waals surface area contributed by atoms with Crippen LogP contribution in [0.15, 0.2) is 29.2 Å². The first-order chi connectivity index (χ1) is 10.2. The summed E-state index contributed by atoms with van der Waals surface area (Å²) >= 11 is 3.73. The molecule has 2 heterocycles. The second kappa shape index (κ2) is 6.63. The Kier molecular flexibility index (Phi) is 4.82. The van der Waals surface area contributed by atoms with Crippen LogP contribution in [-0.2, 0) is 4.74 Å². The fraction of sp³-hybridized carbons (Fsp3) is 0.562. The van der Waals surface area contributed by atoms with Crippen LogP contribution < -0.4 is 0 Å². The fourth-order valence-corrected chi connectivity index (χ4v) is 5.74. The van der Waals surface area contributed by atoms with Gasteiger partial charge in [-0.05, 0) is 49.3 Å². The lowest BCUT2D eigenvalue weighted by atomic mass is 9.88. The van der Waals surface area contributed by atoms with Gasteiger partial charge >= 0.3 is 5.97 Å². The quantitative estimate of drug-likeness (QED) is 0.913. The summed E-state index contributed by atoms with van der Waals surface area (Å²) in [6, 6.07) is 7.32. The van der Waals surface area contributed by atoms with Crippen molar-refractivity contribution in [2.24, 2.45) is 0 Å². The van der Waals surface area contributed by atoms with Crippen LogP contribution in [0, 0.1) is 0 Å². The molecule has 1 aromatic carbocycles. The van der Waals surface area contributed by atoms with Gasteiger partial charge in [0.2, 0.25) is 0 Å². The molecule has 1 unspecified atom stereocenters. The first-order valence-electron chi connectivity index (χ1n) is 7.39. The molecule has 5 heteroatoms. The number of rotatable bonds is 3. The summed E-state index contributed by atoms with van der Waals surface area (Å²) in [7, 11) is 0. The number of hydrogen-bond acceptors (Lipinski definition) is 4. The van der Waals surface area contributed by atoms with Crippen molar-refractivity contribution in [1.29, 1.82) is 0 Å². The highest BCUT2D eigenvalue weighted by atomic mass is 32.2. The van der Waals surface area contributed by atoms with Crippen molar-refractivity contribution >= 4 is 29.5 Å². The zero-order chi connectivity index (χ0) is 14.7. The number of carboxylic acid groups (broad SMARTS) is 1. The van der Waals surface area contributed by atoms with Gasteiger partial charge in [0.25, 0.3) is 0 Å². The zero-order valence-electron chi connectivity index (χ0n) is 11.9. The molecule has 1 spiro atoms. The van der Waals surface area contributed by atoms with Crippen molar-refractivity contribution in [2.45, 2.75) is 41.4 Å². The van der Waals surface area contributed by atoms with E-state index in [4.69, 9.17) is 4.74 Å². The zero-order valence-corrected chi connectivity index (χ0v) is 13.5. The van der Waals surface area contributed by atoms with Crippen molar-refractivity contribution < 1.29 is 14.6 Å². The monoisotopic (exact) mass is 324 g/mol. The molecular weight excluding hydrogens is 304 g/mol. The van der Waals surface area contributed by atoms with E-state index in [9.17, 15) is 9.90 Å². The molecule has 3 nitrogen and oxygen atoms in total. The third-order valence-corrected chi connectivity index (χ3v) is 6.59. The lowest BCUT2D eigenvalue weighted by molar-refractivity contribution is -0.0804. The molecule has 2 aliphatic rings. The second-order valence-corrected chi connectivity index (χ2v) is 8.24. The number of hydrogen-bond donors (Lipinski definition) is 1. The molecule has 0 amide bonds. The first-order valence-corrected chi connectivity index (χ1v) is 9.43. The number of benzene rings is 1. The van der Waals surface area contributed by atoms with E-state index < -0.39 is 5.97 Å². The van der Waals surface area contributed by atoms with E-state index in [1.165, 1.54) is 11.5 Å². The Bertz CT molecular complexity index is 506. The molecule has 0 saturated carbocycles. The van der Waals surface area contributed by atoms with Gasteiger partial charge in [-0.2, -0.15) is 11.8 Å². The highest BCUT2D eigenvalue weighted by molar-refractivity contribution is 8.00. The lowest BCUT2D eigenvalue weighted by Crippen LogP contribution is -2.43. The number of carboxylic acids is 1. The Morgan fingerprint density at radius 3 is 2.86 bits per heavy atom. The van der Waals surface area contributed by atoms with Gasteiger partial charge in [0, 0.05) is 16.8 Å². The third kappa shape index (κ3) is 3.58. The summed E-state index contributed by atoms with van der Waals surface area (Å²) in [4.78, 5) is 12.2. The molecule has 0 aromatic heterocycles. The Morgan fingerprint density at radius 1 is 1.33 bits per heavy atom. The second-order valence-electron chi connectivity index (χ2n) is 5.68. The van der Waals surface area contributed by atoms with E-state index in [0.717, 1.165) is 37.2 Å². The SMILES string of the molecule is O=C(O)c1ccccc1SC1CCOC2(CCSCC2)C1. The van der Waals surface area contributed by atoms with Crippen LogP contribution in [0.1, 0.15) is 36.0 Å². The lowest BCUT2D eigenvalue weighted by Gasteiger charge is -2.43. The van der Waals surface area contributed by atoms with E-state index in [2.05, 4.69) is 0 Å². The number of aromatic carboxylic acids is 1. The number of ether oxygens (including phenoxy) is 1. The smallest absolute Gasteiger partial charge is 0.336 e. The van der Waals surface area contributed by atoms with E-state index in [1.807, 2.05) is 23.9 Å². The van der Waals surface area contributed by atoms with Crippen molar-refractivity contribution in [1.82, 2.24) is 0 Å². The maximum atomic E-state index is 11.3. The van der Waals surface area contributed by atoms with Crippen molar-refractivity contribution in [3.8, 4) is 0 Å². The Labute approximate surface area is 133 Å². The summed E-state index contributed by atoms with van der Waals surface area (Å²) in [6.07, 6.45) is 4.32. The van der Waals surface area contributed by atoms with Gasteiger partial charge in [-0.3, -0.25) is 0 Å². The average molecular weight is 324 g/mol. The van der Waals surface area contributed by atoms with Crippen molar-refractivity contribution in [3.63, 3.8) is 0 Å². The molecule has 2 aliphatic heterocycles. The molecule has 1 N–H and O–H groups in total. The third-order valence-electron chi connectivity index (χ3n) is 4.26. The summed E-state index contributed by atoms with van der Waals surface area (Å²) in [5.41, 5.74) is 0.474. The van der Waals surface area contributed by atoms with E-state index in [0.29, 0.717) is 10.8 Å². The molecule has 2 saturated heterocycles. The van der Waals surface area contributed by atoms with Crippen LogP contribution >= 0.6 is 23.5 Å². The summed E-state index contributed by atoms with van der Waals surface area (Å²) in [6.45, 7) is 0.803. The van der Waals surface area contributed by atoms with E-state index in [1.54, 1.807) is 23.9 Å². The van der Waals surface area contributed by atoms with Gasteiger partial charge in [-0.1, -0.05) is 12.1 Å². The maximum Gasteiger partial charge on any atom is 0.336 e. The molecule has 0 aliphatic carbocycles. The summed E-state index contributed by atoms with van der Waals surface area (Å²) in [5, 5.41) is 9.76. The van der Waals surface area contributed by atoms with Crippen molar-refractivity contribution in [2.75, 3.05) is 18.1 Å². The van der Waals surface area contributed by atoms with Crippen LogP contribution in [0.4, 0.5) is 0 Å². The minimum Gasteiger partial charge on any atom is -0.478 e. The first kappa shape index (κ1) is 15.3. The standard InChI is InChI=1S/C16H20O3S2/c17-15(18)13-3-1-2-4-14(13)21-12-5-8-19-16(11-12)6-9-20-10-7-16/h1-4,12H,5-11H2,(H,17,18). The normalized spacial score (nSPS) is 24.9. The minimum absolute atomic E-state index is 0.0549. The molecule has 0 bridgehead atoms. The van der Waals surface area contributed by atoms with Gasteiger partial charge in [-0.25, -0.2) is 4.79 Å². The molecule has 3 rings (SSSR count). The van der Waals surface area contributed by atoms with Crippen LogP contribution in [0.5, 0.6) is 0 Å². The Hall–Kier alpha value is -0.650. The minimum atomic E-state index is -0.839. The van der Waals surface area contributed by atoms with Crippen LogP contribution in [0.2, 0.25) is 0 Å². The highest BCUT2D eigenvalue weighted by Gasteiger charge is 2.39. The molecule has 21 heavy (non-hydrogen) atoms. The van der Waals surface area contributed by atoms with Crippen molar-refractivity contribution in [3.05, 3.63) is 29.8 Å². The summed E-state index contributed by atoms with van der Waals surface area (Å²) < 4.78 is 6.11. The molecule has 2 fully saturated rings. The number of thioether (sulfide) groups is 2. The van der Waals surface area contributed by atoms with Crippen LogP contribution in [-0.4, -0.2) is 40.0 Å². The predicted molar refractivity (Wildman–Crippen MR) is 87.5 cm³/mol. The summed E-state index contributed by atoms with van der Waals surface area (Å²) in [5.74, 6) is 1.53. The van der Waals surface area contributed by atoms with Gasteiger partial charge in [0.15, 0.2) is 0 Å². The average Bonchev–Trinajstić information content (AvgIpc) is 2.48. The topological polar surface area (TPSA) is 46.5 Å². The molecule has 1 atom stereocenters.